The van der Waals surface area contributed by atoms with E-state index in [9.17, 15) is 0 Å². The summed E-state index contributed by atoms with van der Waals surface area (Å²) in [4.78, 5) is 25.8. The van der Waals surface area contributed by atoms with Gasteiger partial charge in [0.15, 0.2) is 0 Å². The molecule has 0 amide bonds. The van der Waals surface area contributed by atoms with Gasteiger partial charge in [0, 0.05) is 0 Å². The van der Waals surface area contributed by atoms with Crippen molar-refractivity contribution < 1.29 is 50.3 Å². The third kappa shape index (κ3) is 23.1. The third-order valence-electron chi connectivity index (χ3n) is 5.82. The Morgan fingerprint density at radius 2 is 0.875 bits per heavy atom. The molecule has 0 heterocycles. The number of hydrogen-bond acceptors (Lipinski definition) is 6. The van der Waals surface area contributed by atoms with Crippen LogP contribution in [0.25, 0.3) is 0 Å². The quantitative estimate of drug-likeness (QED) is 0.162. The molecule has 0 bridgehead atoms. The van der Waals surface area contributed by atoms with Gasteiger partial charge >= 0.3 is 12.3 Å². The summed E-state index contributed by atoms with van der Waals surface area (Å²) in [6.07, 6.45) is 13.8. The first-order valence-electron chi connectivity index (χ1n) is 11.6. The van der Waals surface area contributed by atoms with E-state index in [2.05, 4.69) is 23.6 Å². The van der Waals surface area contributed by atoms with E-state index in [-0.39, 0.29) is 12.2 Å². The van der Waals surface area contributed by atoms with E-state index >= 15 is 0 Å². The Labute approximate surface area is 191 Å². The van der Waals surface area contributed by atoms with Gasteiger partial charge in [-0.2, -0.15) is 0 Å². The second-order valence-corrected chi connectivity index (χ2v) is 8.35. The Morgan fingerprint density at radius 3 is 1.06 bits per heavy atom. The third-order valence-corrected chi connectivity index (χ3v) is 5.82. The highest BCUT2D eigenvalue weighted by molar-refractivity contribution is 5.53. The van der Waals surface area contributed by atoms with E-state index in [1.165, 1.54) is 64.2 Å². The van der Waals surface area contributed by atoms with Crippen molar-refractivity contribution in [3.63, 3.8) is 0 Å². The van der Waals surface area contributed by atoms with Crippen molar-refractivity contribution in [2.45, 2.75) is 116 Å². The first-order valence-corrected chi connectivity index (χ1v) is 11.6. The van der Waals surface area contributed by atoms with Gasteiger partial charge in [0.2, 0.25) is 0 Å². The minimum Gasteiger partial charge on any atom is -0.450 e. The van der Waals surface area contributed by atoms with Gasteiger partial charge < -0.3 is 20.4 Å². The van der Waals surface area contributed by atoms with Crippen molar-refractivity contribution in [2.75, 3.05) is 0 Å². The van der Waals surface area contributed by atoms with Gasteiger partial charge in [-0.3, -0.25) is 10.5 Å². The van der Waals surface area contributed by atoms with Gasteiger partial charge in [0.1, 0.15) is 0 Å². The van der Waals surface area contributed by atoms with Gasteiger partial charge in [-0.05, 0) is 63.2 Å². The molecule has 32 heavy (non-hydrogen) atoms. The number of hydrogen-bond donors (Lipinski definition) is 6. The Hall–Kier alpha value is -1.62. The molecule has 0 atom stereocenters. The summed E-state index contributed by atoms with van der Waals surface area (Å²) >= 11 is 0. The minimum absolute atomic E-state index is 0.128. The van der Waals surface area contributed by atoms with Crippen LogP contribution in [0.1, 0.15) is 104 Å². The molecule has 0 aromatic heterocycles. The molecule has 10 nitrogen and oxygen atoms in total. The molecule has 2 fully saturated rings. The van der Waals surface area contributed by atoms with E-state index in [0.29, 0.717) is 0 Å². The lowest BCUT2D eigenvalue weighted by Crippen LogP contribution is -2.20. The summed E-state index contributed by atoms with van der Waals surface area (Å²) in [7, 11) is 0. The van der Waals surface area contributed by atoms with Crippen LogP contribution in [0, 0.1) is 11.8 Å². The molecular weight excluding hydrogens is 424 g/mol. The van der Waals surface area contributed by atoms with Gasteiger partial charge in [-0.1, -0.05) is 52.4 Å². The average molecular weight is 469 g/mol. The summed E-state index contributed by atoms with van der Waals surface area (Å²) in [5.74, 6) is 1.80. The van der Waals surface area contributed by atoms with Gasteiger partial charge in [-0.15, -0.1) is 0 Å². The highest BCUT2D eigenvalue weighted by Gasteiger charge is 2.21. The second kappa shape index (κ2) is 22.6. The van der Waals surface area contributed by atoms with Crippen molar-refractivity contribution in [1.29, 1.82) is 0 Å². The van der Waals surface area contributed by atoms with E-state index in [0.717, 1.165) is 37.5 Å². The predicted octanol–water partition coefficient (Wildman–Crippen LogP) is 6.89. The Balaban J connectivity index is 0. The maximum absolute atomic E-state index is 8.56. The highest BCUT2D eigenvalue weighted by Crippen LogP contribution is 2.30. The van der Waals surface area contributed by atoms with Crippen LogP contribution in [0.2, 0.25) is 0 Å². The summed E-state index contributed by atoms with van der Waals surface area (Å²) in [5, 5.41) is 44.8. The Morgan fingerprint density at radius 1 is 0.625 bits per heavy atom. The van der Waals surface area contributed by atoms with Crippen molar-refractivity contribution >= 4 is 12.3 Å². The van der Waals surface area contributed by atoms with E-state index < -0.39 is 12.3 Å². The van der Waals surface area contributed by atoms with Crippen LogP contribution in [0.15, 0.2) is 0 Å². The zero-order chi connectivity index (χ0) is 24.8. The second-order valence-electron chi connectivity index (χ2n) is 8.35. The van der Waals surface area contributed by atoms with Crippen molar-refractivity contribution in [3.8, 4) is 0 Å². The first kappa shape index (κ1) is 32.6. The predicted molar refractivity (Wildman–Crippen MR) is 119 cm³/mol. The maximum atomic E-state index is 8.56. The molecule has 0 radical (unpaired) electrons. The first-order chi connectivity index (χ1) is 15.2. The summed E-state index contributed by atoms with van der Waals surface area (Å²) in [6.45, 7) is 4.48. The standard InChI is InChI=1S/2C10H20O2.2CH2O3/c2*1-2-3-4-9-5-7-10(12-11)8-6-9;2*2-1(3)4/h2*9-11H,2-8H2,1H3;2*(H2,2,3,4). The Kier molecular flexibility index (Phi) is 23.0. The molecule has 2 rings (SSSR count). The van der Waals surface area contributed by atoms with Crippen molar-refractivity contribution in [1.82, 2.24) is 0 Å². The minimum atomic E-state index is -1.83. The maximum Gasteiger partial charge on any atom is 0.503 e. The average Bonchev–Trinajstić information content (AvgIpc) is 2.76. The SMILES string of the molecule is CCCCC1CCC(OO)CC1.CCCCC1CCC(OO)CC1.O=C(O)O.O=C(O)O. The lowest BCUT2D eigenvalue weighted by molar-refractivity contribution is -0.285. The van der Waals surface area contributed by atoms with E-state index in [4.69, 9.17) is 40.5 Å². The Bertz CT molecular complexity index is 382. The van der Waals surface area contributed by atoms with Crippen molar-refractivity contribution in [2.24, 2.45) is 11.8 Å². The molecular formula is C22H44O10. The number of carbonyl (C=O) groups is 2. The van der Waals surface area contributed by atoms with E-state index in [1.807, 2.05) is 0 Å². The number of carboxylic acid groups (broad SMARTS) is 4. The monoisotopic (exact) mass is 468 g/mol. The molecule has 0 saturated heterocycles. The topological polar surface area (TPSA) is 174 Å². The zero-order valence-electron chi connectivity index (χ0n) is 19.5. The smallest absolute Gasteiger partial charge is 0.450 e. The highest BCUT2D eigenvalue weighted by atomic mass is 17.1. The molecule has 2 saturated carbocycles. The normalized spacial score (nSPS) is 24.4. The van der Waals surface area contributed by atoms with Crippen LogP contribution in [0.3, 0.4) is 0 Å². The van der Waals surface area contributed by atoms with Crippen molar-refractivity contribution in [3.05, 3.63) is 0 Å². The van der Waals surface area contributed by atoms with E-state index in [1.54, 1.807) is 0 Å². The molecule has 0 aliphatic heterocycles. The molecule has 0 aromatic rings. The number of rotatable bonds is 8. The van der Waals surface area contributed by atoms with Crippen LogP contribution in [-0.4, -0.2) is 55.5 Å². The largest absolute Gasteiger partial charge is 0.503 e. The fourth-order valence-electron chi connectivity index (χ4n) is 4.04. The molecule has 0 aromatic carbocycles. The van der Waals surface area contributed by atoms with Crippen LogP contribution in [0.4, 0.5) is 9.59 Å². The van der Waals surface area contributed by atoms with Gasteiger partial charge in [0.25, 0.3) is 0 Å². The van der Waals surface area contributed by atoms with Crippen LogP contribution >= 0.6 is 0 Å². The summed E-state index contributed by atoms with van der Waals surface area (Å²) < 4.78 is 0. The zero-order valence-corrected chi connectivity index (χ0v) is 19.5. The summed E-state index contributed by atoms with van der Waals surface area (Å²) in [6, 6.07) is 0. The number of unbranched alkanes of at least 4 members (excludes halogenated alkanes) is 2. The lowest BCUT2D eigenvalue weighted by atomic mass is 9.84. The van der Waals surface area contributed by atoms with Crippen LogP contribution in [0.5, 0.6) is 0 Å². The molecule has 0 unspecified atom stereocenters. The molecule has 0 spiro atoms. The molecule has 10 heteroatoms. The molecule has 6 N–H and O–H groups in total. The molecule has 2 aliphatic rings. The van der Waals surface area contributed by atoms with Gasteiger partial charge in [-0.25, -0.2) is 19.4 Å². The van der Waals surface area contributed by atoms with Crippen LogP contribution in [-0.2, 0) is 9.78 Å². The molecule has 192 valence electrons. The van der Waals surface area contributed by atoms with Crippen LogP contribution < -0.4 is 0 Å². The lowest BCUT2D eigenvalue weighted by Gasteiger charge is -2.26. The molecule has 2 aliphatic carbocycles. The fourth-order valence-corrected chi connectivity index (χ4v) is 4.04. The summed E-state index contributed by atoms with van der Waals surface area (Å²) in [5.41, 5.74) is 0. The fraction of sp³-hybridized carbons (Fsp3) is 0.909. The van der Waals surface area contributed by atoms with Gasteiger partial charge in [0.05, 0.1) is 12.2 Å².